The van der Waals surface area contributed by atoms with E-state index < -0.39 is 0 Å². The number of ketones is 1. The van der Waals surface area contributed by atoms with Crippen molar-refractivity contribution in [2.75, 3.05) is 20.3 Å². The Morgan fingerprint density at radius 3 is 2.74 bits per heavy atom. The molecule has 1 saturated carbocycles. The number of carbonyl (C=O) groups excluding carboxylic acids is 1. The first-order valence-corrected chi connectivity index (χ1v) is 8.95. The molecule has 0 unspecified atom stereocenters. The van der Waals surface area contributed by atoms with Gasteiger partial charge in [0, 0.05) is 31.3 Å². The van der Waals surface area contributed by atoms with E-state index in [0.29, 0.717) is 11.9 Å². The summed E-state index contributed by atoms with van der Waals surface area (Å²) in [6.45, 7) is 3.59. The normalized spacial score (nSPS) is 26.7. The van der Waals surface area contributed by atoms with Gasteiger partial charge in [-0.1, -0.05) is 12.1 Å². The average Bonchev–Trinajstić information content (AvgIpc) is 2.85. The summed E-state index contributed by atoms with van der Waals surface area (Å²) in [6.07, 6.45) is 7.23. The van der Waals surface area contributed by atoms with Gasteiger partial charge in [-0.3, -0.25) is 4.79 Å². The van der Waals surface area contributed by atoms with Crippen molar-refractivity contribution in [2.45, 2.75) is 58.0 Å². The van der Waals surface area contributed by atoms with E-state index in [1.165, 1.54) is 11.1 Å². The molecule has 0 radical (unpaired) electrons. The van der Waals surface area contributed by atoms with Crippen LogP contribution in [0.4, 0.5) is 0 Å². The molecular formula is C20H28O3. The number of fused-ring (bicyclic) bond motifs is 1. The maximum Gasteiger partial charge on any atom is 0.169 e. The molecule has 0 atom stereocenters. The lowest BCUT2D eigenvalue weighted by Crippen LogP contribution is -2.35. The molecule has 3 rings (SSSR count). The molecule has 0 saturated heterocycles. The van der Waals surface area contributed by atoms with E-state index in [2.05, 4.69) is 18.2 Å². The fourth-order valence-corrected chi connectivity index (χ4v) is 4.18. The third-order valence-corrected chi connectivity index (χ3v) is 5.61. The molecule has 1 aromatic carbocycles. The Labute approximate surface area is 139 Å². The van der Waals surface area contributed by atoms with Crippen molar-refractivity contribution in [1.29, 1.82) is 0 Å². The Balaban J connectivity index is 1.68. The Morgan fingerprint density at radius 2 is 2.04 bits per heavy atom. The zero-order chi connectivity index (χ0) is 16.3. The minimum atomic E-state index is -0.138. The van der Waals surface area contributed by atoms with Crippen LogP contribution >= 0.6 is 0 Å². The lowest BCUT2D eigenvalue weighted by Gasteiger charge is -2.35. The van der Waals surface area contributed by atoms with E-state index in [-0.39, 0.29) is 5.41 Å². The zero-order valence-corrected chi connectivity index (χ0v) is 14.4. The SMILES string of the molecule is CCOCCCc1ccc2c(c1)C(=O)C1(CCC(OC)CC1)C2. The van der Waals surface area contributed by atoms with Gasteiger partial charge in [0.1, 0.15) is 0 Å². The van der Waals surface area contributed by atoms with Gasteiger partial charge in [0.25, 0.3) is 0 Å². The second kappa shape index (κ2) is 7.14. The second-order valence-corrected chi connectivity index (χ2v) is 7.01. The quantitative estimate of drug-likeness (QED) is 0.745. The van der Waals surface area contributed by atoms with Gasteiger partial charge in [0.2, 0.25) is 0 Å². The predicted molar refractivity (Wildman–Crippen MR) is 91.0 cm³/mol. The summed E-state index contributed by atoms with van der Waals surface area (Å²) < 4.78 is 10.9. The first kappa shape index (κ1) is 16.7. The van der Waals surface area contributed by atoms with E-state index in [4.69, 9.17) is 9.47 Å². The van der Waals surface area contributed by atoms with Gasteiger partial charge in [-0.05, 0) is 69.1 Å². The third-order valence-electron chi connectivity index (χ3n) is 5.61. The highest BCUT2D eigenvalue weighted by molar-refractivity contribution is 6.05. The number of methoxy groups -OCH3 is 1. The predicted octanol–water partition coefficient (Wildman–Crippen LogP) is 3.97. The Morgan fingerprint density at radius 1 is 1.26 bits per heavy atom. The van der Waals surface area contributed by atoms with Crippen LogP contribution in [0.25, 0.3) is 0 Å². The van der Waals surface area contributed by atoms with Gasteiger partial charge >= 0.3 is 0 Å². The van der Waals surface area contributed by atoms with Crippen LogP contribution in [0.5, 0.6) is 0 Å². The molecule has 0 N–H and O–H groups in total. The first-order valence-electron chi connectivity index (χ1n) is 8.95. The highest BCUT2D eigenvalue weighted by Gasteiger charge is 2.47. The molecule has 0 aromatic heterocycles. The first-order chi connectivity index (χ1) is 11.2. The Kier molecular flexibility index (Phi) is 5.17. The van der Waals surface area contributed by atoms with Gasteiger partial charge in [0.15, 0.2) is 5.78 Å². The Bertz CT molecular complexity index is 556. The molecular weight excluding hydrogens is 288 g/mol. The maximum atomic E-state index is 13.0. The Hall–Kier alpha value is -1.19. The van der Waals surface area contributed by atoms with Crippen molar-refractivity contribution >= 4 is 5.78 Å². The molecule has 0 bridgehead atoms. The van der Waals surface area contributed by atoms with Crippen LogP contribution in [0.15, 0.2) is 18.2 Å². The number of Topliss-reactive ketones (excluding diaryl/α,β-unsaturated/α-hetero) is 1. The number of carbonyl (C=O) groups is 1. The summed E-state index contributed by atoms with van der Waals surface area (Å²) in [5.41, 5.74) is 3.36. The molecule has 1 spiro atoms. The van der Waals surface area contributed by atoms with E-state index in [1.54, 1.807) is 7.11 Å². The van der Waals surface area contributed by atoms with Crippen LogP contribution in [0.2, 0.25) is 0 Å². The molecule has 3 nitrogen and oxygen atoms in total. The number of aryl methyl sites for hydroxylation is 1. The van der Waals surface area contributed by atoms with Gasteiger partial charge in [-0.25, -0.2) is 0 Å². The summed E-state index contributed by atoms with van der Waals surface area (Å²) in [7, 11) is 1.78. The molecule has 0 amide bonds. The molecule has 2 aliphatic carbocycles. The van der Waals surface area contributed by atoms with Crippen LogP contribution in [0, 0.1) is 5.41 Å². The van der Waals surface area contributed by atoms with Gasteiger partial charge in [0.05, 0.1) is 6.10 Å². The summed E-state index contributed by atoms with van der Waals surface area (Å²) >= 11 is 0. The number of hydrogen-bond acceptors (Lipinski definition) is 3. The largest absolute Gasteiger partial charge is 0.382 e. The van der Waals surface area contributed by atoms with Gasteiger partial charge < -0.3 is 9.47 Å². The van der Waals surface area contributed by atoms with Crippen LogP contribution in [-0.2, 0) is 22.3 Å². The van der Waals surface area contributed by atoms with Crippen LogP contribution in [-0.4, -0.2) is 32.2 Å². The summed E-state index contributed by atoms with van der Waals surface area (Å²) in [5.74, 6) is 0.383. The zero-order valence-electron chi connectivity index (χ0n) is 14.4. The smallest absolute Gasteiger partial charge is 0.169 e. The highest BCUT2D eigenvalue weighted by atomic mass is 16.5. The number of ether oxygens (including phenoxy) is 2. The maximum absolute atomic E-state index is 13.0. The summed E-state index contributed by atoms with van der Waals surface area (Å²) in [6, 6.07) is 6.51. The van der Waals surface area contributed by atoms with Crippen molar-refractivity contribution in [2.24, 2.45) is 5.41 Å². The number of benzene rings is 1. The summed E-state index contributed by atoms with van der Waals surface area (Å²) in [4.78, 5) is 13.0. The molecule has 126 valence electrons. The van der Waals surface area contributed by atoms with Crippen molar-refractivity contribution in [3.63, 3.8) is 0 Å². The average molecular weight is 316 g/mol. The molecule has 1 fully saturated rings. The minimum absolute atomic E-state index is 0.138. The highest BCUT2D eigenvalue weighted by Crippen LogP contribution is 2.47. The van der Waals surface area contributed by atoms with Crippen molar-refractivity contribution in [3.8, 4) is 0 Å². The van der Waals surface area contributed by atoms with Crippen LogP contribution in [0.1, 0.15) is 60.5 Å². The minimum Gasteiger partial charge on any atom is -0.382 e. The van der Waals surface area contributed by atoms with Crippen molar-refractivity contribution in [3.05, 3.63) is 34.9 Å². The van der Waals surface area contributed by atoms with Crippen molar-refractivity contribution < 1.29 is 14.3 Å². The van der Waals surface area contributed by atoms with Gasteiger partial charge in [-0.15, -0.1) is 0 Å². The molecule has 23 heavy (non-hydrogen) atoms. The second-order valence-electron chi connectivity index (χ2n) is 7.01. The van der Waals surface area contributed by atoms with Crippen LogP contribution in [0.3, 0.4) is 0 Å². The standard InChI is InChI=1S/C20H28O3/c1-3-23-12-4-5-15-6-7-16-14-20(19(21)18(16)13-15)10-8-17(22-2)9-11-20/h6-7,13,17H,3-5,8-12,14H2,1-2H3. The van der Waals surface area contributed by atoms with E-state index in [9.17, 15) is 4.79 Å². The monoisotopic (exact) mass is 316 g/mol. The lowest BCUT2D eigenvalue weighted by atomic mass is 9.70. The summed E-state index contributed by atoms with van der Waals surface area (Å²) in [5, 5.41) is 0. The third kappa shape index (κ3) is 3.36. The molecule has 1 aromatic rings. The molecule has 0 heterocycles. The van der Waals surface area contributed by atoms with Crippen molar-refractivity contribution in [1.82, 2.24) is 0 Å². The fraction of sp³-hybridized carbons (Fsp3) is 0.650. The number of rotatable bonds is 6. The van der Waals surface area contributed by atoms with E-state index in [0.717, 1.165) is 63.7 Å². The topological polar surface area (TPSA) is 35.5 Å². The fourth-order valence-electron chi connectivity index (χ4n) is 4.18. The number of hydrogen-bond donors (Lipinski definition) is 0. The van der Waals surface area contributed by atoms with E-state index >= 15 is 0 Å². The molecule has 2 aliphatic rings. The van der Waals surface area contributed by atoms with Gasteiger partial charge in [-0.2, -0.15) is 0 Å². The molecule has 3 heteroatoms. The molecule has 0 aliphatic heterocycles. The van der Waals surface area contributed by atoms with E-state index in [1.807, 2.05) is 6.92 Å². The van der Waals surface area contributed by atoms with Crippen LogP contribution < -0.4 is 0 Å². The lowest BCUT2D eigenvalue weighted by molar-refractivity contribution is 0.0285.